The average molecular weight is 195 g/mol. The van der Waals surface area contributed by atoms with Gasteiger partial charge in [0.05, 0.1) is 6.61 Å². The van der Waals surface area contributed by atoms with Crippen LogP contribution in [0.2, 0.25) is 0 Å². The normalized spacial score (nSPS) is 13.1. The summed E-state index contributed by atoms with van der Waals surface area (Å²) in [6.45, 7) is 9.63. The molecule has 0 bridgehead atoms. The van der Waals surface area contributed by atoms with Gasteiger partial charge in [-0.05, 0) is 38.0 Å². The zero-order chi connectivity index (χ0) is 10.8. The molecule has 0 aromatic heterocycles. The molecule has 0 unspecified atom stereocenters. The van der Waals surface area contributed by atoms with E-state index in [9.17, 15) is 0 Å². The molecule has 0 aliphatic heterocycles. The zero-order valence-electron chi connectivity index (χ0n) is 9.21. The fourth-order valence-corrected chi connectivity index (χ4v) is 1.24. The molecule has 0 rings (SSSR count). The van der Waals surface area contributed by atoms with Crippen molar-refractivity contribution in [3.63, 3.8) is 0 Å². The minimum atomic E-state index is 0.195. The summed E-state index contributed by atoms with van der Waals surface area (Å²) in [5, 5.41) is 11.7. The van der Waals surface area contributed by atoms with Gasteiger partial charge < -0.3 is 10.4 Å². The third-order valence-corrected chi connectivity index (χ3v) is 2.03. The van der Waals surface area contributed by atoms with Crippen molar-refractivity contribution in [2.45, 2.75) is 20.3 Å². The number of hydrogen-bond donors (Lipinski definition) is 2. The standard InChI is InChI=1S/C12H21NO/c1-4-6-11(3)12(5-2)7-8-13-9-10-14/h4-6,13-14H,2,7-10H2,1,3H3/b6-4-,12-11+. The van der Waals surface area contributed by atoms with Gasteiger partial charge in [-0.1, -0.05) is 24.8 Å². The number of rotatable bonds is 7. The minimum absolute atomic E-state index is 0.195. The van der Waals surface area contributed by atoms with Gasteiger partial charge in [0.25, 0.3) is 0 Å². The van der Waals surface area contributed by atoms with E-state index >= 15 is 0 Å². The highest BCUT2D eigenvalue weighted by Gasteiger charge is 1.95. The Bertz CT molecular complexity index is 216. The zero-order valence-corrected chi connectivity index (χ0v) is 9.21. The lowest BCUT2D eigenvalue weighted by molar-refractivity contribution is 0.293. The van der Waals surface area contributed by atoms with E-state index in [1.54, 1.807) is 0 Å². The molecule has 2 N–H and O–H groups in total. The molecule has 0 aliphatic rings. The Balaban J connectivity index is 4.02. The van der Waals surface area contributed by atoms with Crippen LogP contribution in [0.15, 0.2) is 36.0 Å². The van der Waals surface area contributed by atoms with Gasteiger partial charge in [0.2, 0.25) is 0 Å². The Kier molecular flexibility index (Phi) is 8.19. The number of allylic oxidation sites excluding steroid dienone is 4. The van der Waals surface area contributed by atoms with Crippen molar-refractivity contribution < 1.29 is 5.11 Å². The first kappa shape index (κ1) is 13.1. The van der Waals surface area contributed by atoms with Gasteiger partial charge in [0.1, 0.15) is 0 Å². The monoisotopic (exact) mass is 195 g/mol. The summed E-state index contributed by atoms with van der Waals surface area (Å²) in [5.74, 6) is 0. The predicted octanol–water partition coefficient (Wildman–Crippen LogP) is 2.04. The molecule has 0 fully saturated rings. The molecule has 0 atom stereocenters. The Hall–Kier alpha value is -0.860. The van der Waals surface area contributed by atoms with Gasteiger partial charge in [0.15, 0.2) is 0 Å². The van der Waals surface area contributed by atoms with E-state index in [4.69, 9.17) is 5.11 Å². The second kappa shape index (κ2) is 8.73. The van der Waals surface area contributed by atoms with Crippen molar-refractivity contribution in [2.24, 2.45) is 0 Å². The lowest BCUT2D eigenvalue weighted by Gasteiger charge is -2.06. The van der Waals surface area contributed by atoms with Crippen LogP contribution in [-0.2, 0) is 0 Å². The third kappa shape index (κ3) is 5.73. The molecular weight excluding hydrogens is 174 g/mol. The van der Waals surface area contributed by atoms with Gasteiger partial charge in [-0.25, -0.2) is 0 Å². The smallest absolute Gasteiger partial charge is 0.0555 e. The average Bonchev–Trinajstić information content (AvgIpc) is 2.18. The summed E-state index contributed by atoms with van der Waals surface area (Å²) < 4.78 is 0. The highest BCUT2D eigenvalue weighted by Crippen LogP contribution is 2.10. The lowest BCUT2D eigenvalue weighted by Crippen LogP contribution is -2.19. The van der Waals surface area contributed by atoms with Crippen LogP contribution in [0.25, 0.3) is 0 Å². The Labute approximate surface area is 87.0 Å². The van der Waals surface area contributed by atoms with Gasteiger partial charge in [-0.2, -0.15) is 0 Å². The molecule has 0 radical (unpaired) electrons. The van der Waals surface area contributed by atoms with Gasteiger partial charge in [-0.15, -0.1) is 0 Å². The number of hydrogen-bond acceptors (Lipinski definition) is 2. The SMILES string of the molecule is C=C/C(CCNCCO)=C(C)\C=C/C. The molecule has 14 heavy (non-hydrogen) atoms. The predicted molar refractivity (Wildman–Crippen MR) is 62.3 cm³/mol. The number of aliphatic hydroxyl groups excluding tert-OH is 1. The van der Waals surface area contributed by atoms with E-state index in [1.165, 1.54) is 11.1 Å². The van der Waals surface area contributed by atoms with Crippen molar-refractivity contribution in [1.29, 1.82) is 0 Å². The van der Waals surface area contributed by atoms with Gasteiger partial charge in [0, 0.05) is 6.54 Å². The topological polar surface area (TPSA) is 32.3 Å². The van der Waals surface area contributed by atoms with Crippen LogP contribution in [-0.4, -0.2) is 24.8 Å². The van der Waals surface area contributed by atoms with E-state index in [1.807, 2.05) is 19.1 Å². The maximum atomic E-state index is 8.58. The van der Waals surface area contributed by atoms with Crippen LogP contribution < -0.4 is 5.32 Å². The molecule has 0 aromatic carbocycles. The molecule has 2 nitrogen and oxygen atoms in total. The largest absolute Gasteiger partial charge is 0.395 e. The molecular formula is C12H21NO. The second-order valence-corrected chi connectivity index (χ2v) is 3.14. The first-order valence-electron chi connectivity index (χ1n) is 5.02. The van der Waals surface area contributed by atoms with Crippen molar-refractivity contribution in [1.82, 2.24) is 5.32 Å². The molecule has 0 saturated heterocycles. The van der Waals surface area contributed by atoms with Crippen LogP contribution in [0.3, 0.4) is 0 Å². The van der Waals surface area contributed by atoms with E-state index in [-0.39, 0.29) is 6.61 Å². The summed E-state index contributed by atoms with van der Waals surface area (Å²) in [4.78, 5) is 0. The molecule has 2 heteroatoms. The summed E-state index contributed by atoms with van der Waals surface area (Å²) in [7, 11) is 0. The maximum Gasteiger partial charge on any atom is 0.0555 e. The van der Waals surface area contributed by atoms with Crippen molar-refractivity contribution in [3.8, 4) is 0 Å². The van der Waals surface area contributed by atoms with Crippen LogP contribution in [0.4, 0.5) is 0 Å². The first-order valence-corrected chi connectivity index (χ1v) is 5.02. The highest BCUT2D eigenvalue weighted by molar-refractivity contribution is 5.30. The van der Waals surface area contributed by atoms with Crippen LogP contribution in [0, 0.1) is 0 Å². The van der Waals surface area contributed by atoms with E-state index in [2.05, 4.69) is 24.9 Å². The third-order valence-electron chi connectivity index (χ3n) is 2.03. The summed E-state index contributed by atoms with van der Waals surface area (Å²) >= 11 is 0. The van der Waals surface area contributed by atoms with E-state index < -0.39 is 0 Å². The van der Waals surface area contributed by atoms with E-state index in [0.717, 1.165) is 13.0 Å². The van der Waals surface area contributed by atoms with Crippen LogP contribution >= 0.6 is 0 Å². The molecule has 80 valence electrons. The van der Waals surface area contributed by atoms with Crippen molar-refractivity contribution in [2.75, 3.05) is 19.7 Å². The highest BCUT2D eigenvalue weighted by atomic mass is 16.3. The Morgan fingerprint density at radius 2 is 2.14 bits per heavy atom. The Morgan fingerprint density at radius 3 is 2.64 bits per heavy atom. The molecule has 0 amide bonds. The quantitative estimate of drug-likeness (QED) is 0.481. The van der Waals surface area contributed by atoms with Gasteiger partial charge >= 0.3 is 0 Å². The molecule has 0 aromatic rings. The van der Waals surface area contributed by atoms with E-state index in [0.29, 0.717) is 6.54 Å². The maximum absolute atomic E-state index is 8.58. The first-order chi connectivity index (χ1) is 6.76. The number of aliphatic hydroxyl groups is 1. The second-order valence-electron chi connectivity index (χ2n) is 3.14. The fraction of sp³-hybridized carbons (Fsp3) is 0.500. The lowest BCUT2D eigenvalue weighted by atomic mass is 10.1. The summed E-state index contributed by atoms with van der Waals surface area (Å²) in [5.41, 5.74) is 2.52. The fourth-order valence-electron chi connectivity index (χ4n) is 1.24. The van der Waals surface area contributed by atoms with Crippen molar-refractivity contribution >= 4 is 0 Å². The van der Waals surface area contributed by atoms with Crippen molar-refractivity contribution in [3.05, 3.63) is 36.0 Å². The summed E-state index contributed by atoms with van der Waals surface area (Å²) in [6.07, 6.45) is 6.97. The Morgan fingerprint density at radius 1 is 1.43 bits per heavy atom. The minimum Gasteiger partial charge on any atom is -0.395 e. The van der Waals surface area contributed by atoms with Crippen LogP contribution in [0.5, 0.6) is 0 Å². The number of nitrogens with one attached hydrogen (secondary N) is 1. The molecule has 0 spiro atoms. The molecule has 0 aliphatic carbocycles. The van der Waals surface area contributed by atoms with Crippen LogP contribution in [0.1, 0.15) is 20.3 Å². The van der Waals surface area contributed by atoms with Gasteiger partial charge in [-0.3, -0.25) is 0 Å². The molecule has 0 heterocycles. The molecule has 0 saturated carbocycles. The summed E-state index contributed by atoms with van der Waals surface area (Å²) in [6, 6.07) is 0.